The summed E-state index contributed by atoms with van der Waals surface area (Å²) >= 11 is 1.42. The maximum absolute atomic E-state index is 12.3. The van der Waals surface area contributed by atoms with Gasteiger partial charge >= 0.3 is 0 Å². The molecule has 0 bridgehead atoms. The minimum absolute atomic E-state index is 0.0585. The Labute approximate surface area is 168 Å². The van der Waals surface area contributed by atoms with Crippen LogP contribution in [0, 0.1) is 0 Å². The highest BCUT2D eigenvalue weighted by molar-refractivity contribution is 8.00. The van der Waals surface area contributed by atoms with Gasteiger partial charge in [0.15, 0.2) is 0 Å². The van der Waals surface area contributed by atoms with Gasteiger partial charge in [-0.2, -0.15) is 0 Å². The average Bonchev–Trinajstić information content (AvgIpc) is 2.74. The van der Waals surface area contributed by atoms with Crippen molar-refractivity contribution in [3.05, 3.63) is 96.2 Å². The fourth-order valence-corrected chi connectivity index (χ4v) is 3.68. The van der Waals surface area contributed by atoms with Crippen molar-refractivity contribution in [1.29, 1.82) is 0 Å². The summed E-state index contributed by atoms with van der Waals surface area (Å²) in [4.78, 5) is 21.9. The van der Waals surface area contributed by atoms with Gasteiger partial charge in [-0.05, 0) is 29.8 Å². The smallest absolute Gasteiger partial charge is 0.234 e. The maximum atomic E-state index is 12.3. The molecule has 5 heteroatoms. The Morgan fingerprint density at radius 1 is 0.786 bits per heavy atom. The molecule has 0 saturated carbocycles. The van der Waals surface area contributed by atoms with Gasteiger partial charge < -0.3 is 5.32 Å². The minimum Gasteiger partial charge on any atom is -0.325 e. The number of carbonyl (C=O) groups excluding carboxylic acids is 1. The number of para-hydroxylation sites is 3. The summed E-state index contributed by atoms with van der Waals surface area (Å²) in [5, 5.41) is 3.71. The lowest BCUT2D eigenvalue weighted by Gasteiger charge is -2.10. The largest absolute Gasteiger partial charge is 0.325 e. The zero-order valence-electron chi connectivity index (χ0n) is 15.2. The molecule has 0 radical (unpaired) electrons. The topological polar surface area (TPSA) is 54.9 Å². The van der Waals surface area contributed by atoms with E-state index in [0.717, 1.165) is 27.4 Å². The van der Waals surface area contributed by atoms with Crippen LogP contribution in [0.5, 0.6) is 0 Å². The maximum Gasteiger partial charge on any atom is 0.234 e. The van der Waals surface area contributed by atoms with Crippen molar-refractivity contribution in [2.75, 3.05) is 11.1 Å². The Hall–Kier alpha value is -3.18. The SMILES string of the molecule is O=C(CSc1nc2ccccc2nc1Cc1ccccc1)Nc1ccccc1. The van der Waals surface area contributed by atoms with Crippen LogP contribution in [0.15, 0.2) is 90.0 Å². The van der Waals surface area contributed by atoms with Crippen LogP contribution in [0.4, 0.5) is 5.69 Å². The van der Waals surface area contributed by atoms with Crippen molar-refractivity contribution >= 4 is 34.4 Å². The lowest BCUT2D eigenvalue weighted by Crippen LogP contribution is -2.14. The first-order valence-electron chi connectivity index (χ1n) is 9.05. The zero-order chi connectivity index (χ0) is 19.2. The number of nitrogens with zero attached hydrogens (tertiary/aromatic N) is 2. The summed E-state index contributed by atoms with van der Waals surface area (Å²) < 4.78 is 0. The molecule has 138 valence electrons. The summed E-state index contributed by atoms with van der Waals surface area (Å²) in [6, 6.07) is 27.5. The fraction of sp³-hybridized carbons (Fsp3) is 0.0870. The molecule has 0 spiro atoms. The Morgan fingerprint density at radius 3 is 2.11 bits per heavy atom. The summed E-state index contributed by atoms with van der Waals surface area (Å²) in [7, 11) is 0. The van der Waals surface area contributed by atoms with Crippen molar-refractivity contribution in [3.63, 3.8) is 0 Å². The number of rotatable bonds is 6. The van der Waals surface area contributed by atoms with Crippen LogP contribution in [0.1, 0.15) is 11.3 Å². The Kier molecular flexibility index (Phi) is 5.64. The number of fused-ring (bicyclic) bond motifs is 1. The third-order valence-electron chi connectivity index (χ3n) is 4.22. The molecule has 0 saturated heterocycles. The third kappa shape index (κ3) is 4.56. The molecule has 0 unspecified atom stereocenters. The second-order valence-corrected chi connectivity index (χ2v) is 7.29. The molecule has 28 heavy (non-hydrogen) atoms. The number of benzene rings is 3. The number of hydrogen-bond acceptors (Lipinski definition) is 4. The molecule has 0 aliphatic heterocycles. The van der Waals surface area contributed by atoms with Gasteiger partial charge in [-0.3, -0.25) is 4.79 Å². The van der Waals surface area contributed by atoms with E-state index < -0.39 is 0 Å². The number of hydrogen-bond donors (Lipinski definition) is 1. The number of nitrogens with one attached hydrogen (secondary N) is 1. The van der Waals surface area contributed by atoms with Crippen molar-refractivity contribution in [2.45, 2.75) is 11.4 Å². The highest BCUT2D eigenvalue weighted by Gasteiger charge is 2.12. The molecule has 4 nitrogen and oxygen atoms in total. The number of aromatic nitrogens is 2. The van der Waals surface area contributed by atoms with Crippen LogP contribution in [0.2, 0.25) is 0 Å². The predicted octanol–water partition coefficient (Wildman–Crippen LogP) is 4.95. The van der Waals surface area contributed by atoms with Crippen LogP contribution < -0.4 is 5.32 Å². The summed E-state index contributed by atoms with van der Waals surface area (Å²) in [5.74, 6) is 0.223. The number of anilines is 1. The molecular formula is C23H19N3OS. The molecule has 1 N–H and O–H groups in total. The van der Waals surface area contributed by atoms with Crippen LogP contribution in [-0.2, 0) is 11.2 Å². The number of carbonyl (C=O) groups is 1. The summed E-state index contributed by atoms with van der Waals surface area (Å²) in [6.07, 6.45) is 0.682. The van der Waals surface area contributed by atoms with E-state index in [0.29, 0.717) is 6.42 Å². The average molecular weight is 385 g/mol. The first-order chi connectivity index (χ1) is 13.8. The number of thioether (sulfide) groups is 1. The molecule has 1 amide bonds. The fourth-order valence-electron chi connectivity index (χ4n) is 2.89. The molecule has 0 aliphatic rings. The lowest BCUT2D eigenvalue weighted by molar-refractivity contribution is -0.113. The minimum atomic E-state index is -0.0585. The van der Waals surface area contributed by atoms with Crippen molar-refractivity contribution < 1.29 is 4.79 Å². The van der Waals surface area contributed by atoms with Crippen LogP contribution >= 0.6 is 11.8 Å². The van der Waals surface area contributed by atoms with Crippen molar-refractivity contribution in [3.8, 4) is 0 Å². The van der Waals surface area contributed by atoms with Gasteiger partial charge in [0.25, 0.3) is 0 Å². The Bertz CT molecular complexity index is 1080. The van der Waals surface area contributed by atoms with E-state index in [1.165, 1.54) is 17.3 Å². The molecular weight excluding hydrogens is 366 g/mol. The van der Waals surface area contributed by atoms with Gasteiger partial charge in [0, 0.05) is 12.1 Å². The molecule has 0 fully saturated rings. The molecule has 0 aliphatic carbocycles. The van der Waals surface area contributed by atoms with Gasteiger partial charge in [-0.1, -0.05) is 72.4 Å². The molecule has 1 heterocycles. The first-order valence-corrected chi connectivity index (χ1v) is 10.0. The normalized spacial score (nSPS) is 10.7. The van der Waals surface area contributed by atoms with E-state index in [-0.39, 0.29) is 11.7 Å². The second kappa shape index (κ2) is 8.67. The zero-order valence-corrected chi connectivity index (χ0v) is 16.0. The highest BCUT2D eigenvalue weighted by atomic mass is 32.2. The highest BCUT2D eigenvalue weighted by Crippen LogP contribution is 2.25. The molecule has 3 aromatic carbocycles. The van der Waals surface area contributed by atoms with E-state index in [2.05, 4.69) is 17.4 Å². The van der Waals surface area contributed by atoms with Gasteiger partial charge in [0.1, 0.15) is 5.03 Å². The number of amides is 1. The second-order valence-electron chi connectivity index (χ2n) is 6.33. The van der Waals surface area contributed by atoms with E-state index in [1.54, 1.807) is 0 Å². The predicted molar refractivity (Wildman–Crippen MR) is 115 cm³/mol. The van der Waals surface area contributed by atoms with Gasteiger partial charge in [-0.15, -0.1) is 0 Å². The van der Waals surface area contributed by atoms with Crippen LogP contribution in [0.3, 0.4) is 0 Å². The monoisotopic (exact) mass is 385 g/mol. The molecule has 4 aromatic rings. The lowest BCUT2D eigenvalue weighted by atomic mass is 10.1. The van der Waals surface area contributed by atoms with Crippen LogP contribution in [-0.4, -0.2) is 21.6 Å². The first kappa shape index (κ1) is 18.2. The van der Waals surface area contributed by atoms with Crippen molar-refractivity contribution in [1.82, 2.24) is 9.97 Å². The Balaban J connectivity index is 1.55. The van der Waals surface area contributed by atoms with E-state index in [4.69, 9.17) is 9.97 Å². The molecule has 4 rings (SSSR count). The van der Waals surface area contributed by atoms with E-state index in [9.17, 15) is 4.79 Å². The van der Waals surface area contributed by atoms with Crippen LogP contribution in [0.25, 0.3) is 11.0 Å². The summed E-state index contributed by atoms with van der Waals surface area (Å²) in [6.45, 7) is 0. The molecule has 0 atom stereocenters. The third-order valence-corrected chi connectivity index (χ3v) is 5.22. The van der Waals surface area contributed by atoms with E-state index >= 15 is 0 Å². The Morgan fingerprint density at radius 2 is 1.39 bits per heavy atom. The molecule has 1 aromatic heterocycles. The standard InChI is InChI=1S/C23H19N3OS/c27-22(24-18-11-5-2-6-12-18)16-28-23-21(15-17-9-3-1-4-10-17)25-19-13-7-8-14-20(19)26-23/h1-14H,15-16H2,(H,24,27). The van der Waals surface area contributed by atoms with Gasteiger partial charge in [0.2, 0.25) is 5.91 Å². The summed E-state index contributed by atoms with van der Waals surface area (Å²) in [5.41, 5.74) is 4.56. The van der Waals surface area contributed by atoms with Gasteiger partial charge in [-0.25, -0.2) is 9.97 Å². The quantitative estimate of drug-likeness (QED) is 0.477. The van der Waals surface area contributed by atoms with Crippen molar-refractivity contribution in [2.24, 2.45) is 0 Å². The van der Waals surface area contributed by atoms with Gasteiger partial charge in [0.05, 0.1) is 22.5 Å². The van der Waals surface area contributed by atoms with E-state index in [1.807, 2.05) is 72.8 Å².